The first-order valence-electron chi connectivity index (χ1n) is 29.9. The summed E-state index contributed by atoms with van der Waals surface area (Å²) in [6.45, 7) is 3.45. The number of ether oxygens (including phenoxy) is 4. The van der Waals surface area contributed by atoms with Gasteiger partial charge in [0.05, 0.1) is 78.2 Å². The highest BCUT2D eigenvalue weighted by molar-refractivity contribution is 7.92. The molecule has 4 aliphatic rings. The average molecular weight is 1420 g/mol. The Kier molecular flexibility index (Phi) is 21.6. The van der Waals surface area contributed by atoms with E-state index in [4.69, 9.17) is 35.5 Å². The van der Waals surface area contributed by atoms with Crippen LogP contribution >= 0.6 is 11.6 Å². The van der Waals surface area contributed by atoms with E-state index in [0.29, 0.717) is 65.0 Å². The number of rotatable bonds is 16. The number of para-hydroxylation sites is 1. The van der Waals surface area contributed by atoms with Crippen molar-refractivity contribution in [1.82, 2.24) is 4.98 Å². The number of anilines is 1. The Morgan fingerprint density at radius 3 is 1.44 bits per heavy atom. The third kappa shape index (κ3) is 15.8. The van der Waals surface area contributed by atoms with Crippen LogP contribution in [0.5, 0.6) is 5.75 Å². The summed E-state index contributed by atoms with van der Waals surface area (Å²) >= 11 is 5.84. The van der Waals surface area contributed by atoms with E-state index in [1.54, 1.807) is 72.8 Å². The Bertz CT molecular complexity index is 5010. The highest BCUT2D eigenvalue weighted by Gasteiger charge is 2.38. The molecule has 0 amide bonds. The SMILES string of the molecule is COC1CS(=O)(=O)c2cc(CC(=O)c3cc(-c4ccccc4)nc4ccccc34)ccc21.COC1CS(=O)(=O)c2cc(CC(=O)c3ccc(C)cc3)ccc21.COC1CS(=O)(=O)c2cc(CC(C)=O)ccc21.COC1CS(=O)(=O)c2cc(NS(=O)c3cc(Cl)ccc3O)ccc21. The van der Waals surface area contributed by atoms with Gasteiger partial charge >= 0.3 is 0 Å². The van der Waals surface area contributed by atoms with Crippen LogP contribution in [-0.4, -0.2) is 117 Å². The van der Waals surface area contributed by atoms with Gasteiger partial charge in [0.2, 0.25) is 0 Å². The molecule has 0 radical (unpaired) electrons. The van der Waals surface area contributed by atoms with Gasteiger partial charge in [-0.2, -0.15) is 0 Å². The third-order valence-corrected chi connectivity index (χ3v) is 25.0. The molecule has 8 aromatic carbocycles. The van der Waals surface area contributed by atoms with E-state index >= 15 is 0 Å². The van der Waals surface area contributed by atoms with Crippen molar-refractivity contribution in [3.05, 3.63) is 237 Å². The van der Waals surface area contributed by atoms with Gasteiger partial charge < -0.3 is 28.8 Å². The predicted molar refractivity (Wildman–Crippen MR) is 365 cm³/mol. The number of ketones is 3. The van der Waals surface area contributed by atoms with Gasteiger partial charge in [0.1, 0.15) is 16.4 Å². The molecule has 1 aromatic heterocycles. The van der Waals surface area contributed by atoms with Crippen molar-refractivity contribution < 1.29 is 76.3 Å². The van der Waals surface area contributed by atoms with E-state index in [-0.39, 0.29) is 86.2 Å². The van der Waals surface area contributed by atoms with Gasteiger partial charge in [-0.05, 0) is 91.2 Å². The number of aryl methyl sites for hydroxylation is 1. The second kappa shape index (κ2) is 29.3. The Morgan fingerprint density at radius 1 is 0.521 bits per heavy atom. The van der Waals surface area contributed by atoms with Crippen molar-refractivity contribution in [3.63, 3.8) is 0 Å². The fourth-order valence-corrected chi connectivity index (χ4v) is 19.9. The number of phenolic OH excluding ortho intramolecular Hbond substituents is 1. The van der Waals surface area contributed by atoms with Gasteiger partial charge in [-0.15, -0.1) is 0 Å². The topological polar surface area (TPSA) is 287 Å². The maximum absolute atomic E-state index is 13.4. The van der Waals surface area contributed by atoms with Crippen LogP contribution in [0.3, 0.4) is 0 Å². The number of phenols is 1. The van der Waals surface area contributed by atoms with Crippen LogP contribution in [0.4, 0.5) is 5.69 Å². The molecule has 2 N–H and O–H groups in total. The van der Waals surface area contributed by atoms with Gasteiger partial charge in [0.15, 0.2) is 61.9 Å². The molecule has 13 rings (SSSR count). The largest absolute Gasteiger partial charge is 0.507 e. The standard InChI is InChI=1S/C26H21NO4S.C18H18O4S.C15H14ClNO5S2.C12H14O4S/c1-31-25-16-32(29,30)26-14-17(11-12-20(25)26)13-24(28)21-15-23(18-7-3-2-4-8-18)27-22-10-6-5-9-19(21)22;1-12-3-6-14(7-4-12)16(19)9-13-5-8-15-17(22-2)11-23(20,21)18(15)10-13;1-22-13-8-24(20,21)15-7-10(3-4-11(13)15)17-23(19)14-6-9(16)2-5-12(14)18;1-8(13)5-9-3-4-10-11(16-2)7-17(14,15)12(10)6-9/h2-12,14-15,25H,13,16H2,1H3;3-8,10,17H,9,11H2,1-2H3;2-7,13,17-18H,8H2,1H3;3-4,6,11H,5,7H2,1-2H3. The lowest BCUT2D eigenvalue weighted by Gasteiger charge is -2.11. The lowest BCUT2D eigenvalue weighted by atomic mass is 9.96. The molecule has 4 aliphatic heterocycles. The number of Topliss-reactive ketones (excluding diaryl/α,β-unsaturated/α-hetero) is 3. The molecule has 0 spiro atoms. The van der Waals surface area contributed by atoms with E-state index < -0.39 is 68.6 Å². The summed E-state index contributed by atoms with van der Waals surface area (Å²) in [5.41, 5.74) is 9.78. The number of fused-ring (bicyclic) bond motifs is 5. The lowest BCUT2D eigenvalue weighted by molar-refractivity contribution is -0.116. The molecule has 0 aliphatic carbocycles. The van der Waals surface area contributed by atoms with E-state index in [1.807, 2.05) is 85.8 Å². The summed E-state index contributed by atoms with van der Waals surface area (Å²) in [6.07, 6.45) is -1.22. The minimum absolute atomic E-state index is 0.0115. The average Bonchev–Trinajstić information content (AvgIpc) is 1.57. The Hall–Kier alpha value is -8.14. The summed E-state index contributed by atoms with van der Waals surface area (Å²) in [4.78, 5) is 42.6. The summed E-state index contributed by atoms with van der Waals surface area (Å²) in [5, 5.41) is 10.9. The quantitative estimate of drug-likeness (QED) is 0.0850. The van der Waals surface area contributed by atoms with Crippen molar-refractivity contribution in [2.75, 3.05) is 56.2 Å². The van der Waals surface area contributed by atoms with Gasteiger partial charge in [-0.1, -0.05) is 132 Å². The molecule has 0 bridgehead atoms. The molecule has 0 saturated heterocycles. The number of sulfone groups is 4. The fourth-order valence-electron chi connectivity index (χ4n) is 11.7. The molecule has 0 fully saturated rings. The van der Waals surface area contributed by atoms with Crippen LogP contribution in [0.15, 0.2) is 200 Å². The number of nitrogens with one attached hydrogen (secondary N) is 1. The Balaban J connectivity index is 0.000000143. The zero-order chi connectivity index (χ0) is 69.0. The number of carbonyl (C=O) groups is 3. The van der Waals surface area contributed by atoms with Crippen molar-refractivity contribution in [3.8, 4) is 17.0 Å². The summed E-state index contributed by atoms with van der Waals surface area (Å²) in [6, 6.07) is 50.8. The highest BCUT2D eigenvalue weighted by Crippen LogP contribution is 2.41. The predicted octanol–water partition coefficient (Wildman–Crippen LogP) is 11.6. The van der Waals surface area contributed by atoms with Gasteiger partial charge in [0, 0.05) is 103 Å². The van der Waals surface area contributed by atoms with Crippen molar-refractivity contribution in [2.24, 2.45) is 0 Å². The minimum atomic E-state index is -3.44. The van der Waals surface area contributed by atoms with Crippen LogP contribution in [0.2, 0.25) is 5.02 Å². The fraction of sp³-hybridized carbons (Fsp3) is 0.239. The first-order chi connectivity index (χ1) is 45.6. The molecular weight excluding hydrogens is 1350 g/mol. The zero-order valence-corrected chi connectivity index (χ0v) is 57.7. The Morgan fingerprint density at radius 2 is 0.958 bits per heavy atom. The van der Waals surface area contributed by atoms with Crippen molar-refractivity contribution >= 4 is 95.9 Å². The second-order valence-electron chi connectivity index (χ2n) is 23.3. The minimum Gasteiger partial charge on any atom is -0.507 e. The molecule has 96 heavy (non-hydrogen) atoms. The maximum Gasteiger partial charge on any atom is 0.181 e. The molecule has 19 nitrogen and oxygen atoms in total. The van der Waals surface area contributed by atoms with Crippen molar-refractivity contribution in [2.45, 2.75) is 82.0 Å². The summed E-state index contributed by atoms with van der Waals surface area (Å²) in [5.74, 6) is -0.479. The first kappa shape index (κ1) is 70.7. The molecule has 5 unspecified atom stereocenters. The number of hydrogen-bond acceptors (Lipinski definition) is 18. The van der Waals surface area contributed by atoms with Crippen molar-refractivity contribution in [1.29, 1.82) is 0 Å². The maximum atomic E-state index is 13.4. The number of halogens is 1. The molecule has 9 aromatic rings. The Labute approximate surface area is 565 Å². The zero-order valence-electron chi connectivity index (χ0n) is 52.8. The number of pyridine rings is 1. The first-order valence-corrected chi connectivity index (χ1v) is 38.1. The van der Waals surface area contributed by atoms with Crippen LogP contribution in [-0.2, 0) is 93.3 Å². The normalized spacial score (nSPS) is 18.7. The number of carbonyl (C=O) groups excluding carboxylic acids is 3. The number of aromatic nitrogens is 1. The van der Waals surface area contributed by atoms with Crippen LogP contribution < -0.4 is 4.72 Å². The molecule has 500 valence electrons. The van der Waals surface area contributed by atoms with Gasteiger partial charge in [0.25, 0.3) is 0 Å². The number of benzene rings is 8. The van der Waals surface area contributed by atoms with Crippen LogP contribution in [0.1, 0.15) is 96.6 Å². The monoisotopic (exact) mass is 1410 g/mol. The smallest absolute Gasteiger partial charge is 0.181 e. The molecule has 0 saturated carbocycles. The number of hydrogen-bond donors (Lipinski definition) is 2. The van der Waals surface area contributed by atoms with E-state index in [9.17, 15) is 57.4 Å². The summed E-state index contributed by atoms with van der Waals surface area (Å²) in [7, 11) is -9.28. The molecule has 5 heterocycles. The van der Waals surface area contributed by atoms with Crippen LogP contribution in [0, 0.1) is 6.92 Å². The number of nitrogens with zero attached hydrogens (tertiary/aromatic N) is 1. The second-order valence-corrected chi connectivity index (χ2v) is 32.9. The third-order valence-electron chi connectivity index (χ3n) is 16.6. The van der Waals surface area contributed by atoms with E-state index in [2.05, 4.69) is 4.72 Å². The highest BCUT2D eigenvalue weighted by atomic mass is 35.5. The lowest BCUT2D eigenvalue weighted by Crippen LogP contribution is -2.07. The summed E-state index contributed by atoms with van der Waals surface area (Å²) < 4.78 is 134. The van der Waals surface area contributed by atoms with E-state index in [1.165, 1.54) is 59.6 Å². The van der Waals surface area contributed by atoms with Gasteiger partial charge in [-0.25, -0.2) is 42.9 Å². The molecular formula is C71H67ClN2O17S5. The van der Waals surface area contributed by atoms with E-state index in [0.717, 1.165) is 33.3 Å². The number of aromatic hydroxyl groups is 1. The molecule has 5 atom stereocenters. The molecule has 25 heteroatoms. The van der Waals surface area contributed by atoms with Gasteiger partial charge in [-0.3, -0.25) is 14.4 Å². The van der Waals surface area contributed by atoms with Crippen LogP contribution in [0.25, 0.3) is 22.2 Å². The number of methoxy groups -OCH3 is 4.